The predicted octanol–water partition coefficient (Wildman–Crippen LogP) is 3.71. The molecule has 0 atom stereocenters. The van der Waals surface area contributed by atoms with Crippen LogP contribution in [0.4, 0.5) is 4.79 Å². The summed E-state index contributed by atoms with van der Waals surface area (Å²) in [4.78, 5) is 29.6. The number of methoxy groups -OCH3 is 3. The molecule has 0 aliphatic heterocycles. The fourth-order valence-electron chi connectivity index (χ4n) is 3.50. The molecule has 1 aromatic carbocycles. The molecule has 2 aromatic rings. The molecular formula is C26H39N3O6. The minimum atomic E-state index is -0.416. The number of benzene rings is 1. The number of nitrogens with one attached hydrogen (secondary N) is 1. The van der Waals surface area contributed by atoms with Crippen LogP contribution in [0.2, 0.25) is 0 Å². The molecule has 0 saturated heterocycles. The lowest BCUT2D eigenvalue weighted by Gasteiger charge is -2.30. The number of carbonyl (C=O) groups excluding carboxylic acids is 2. The van der Waals surface area contributed by atoms with Gasteiger partial charge in [0.05, 0.1) is 27.0 Å². The molecule has 0 spiro atoms. The zero-order chi connectivity index (χ0) is 25.8. The SMILES string of the molecule is COCCCN(CC(=O)N(CCc1ccc(OC)c(OC)c1)Cc1ccco1)C(=O)NC(C)(C)C. The Bertz CT molecular complexity index is 924. The lowest BCUT2D eigenvalue weighted by Crippen LogP contribution is -2.52. The molecule has 9 nitrogen and oxygen atoms in total. The largest absolute Gasteiger partial charge is 0.493 e. The Balaban J connectivity index is 2.16. The van der Waals surface area contributed by atoms with E-state index in [0.29, 0.717) is 56.3 Å². The van der Waals surface area contributed by atoms with Crippen molar-refractivity contribution >= 4 is 11.9 Å². The van der Waals surface area contributed by atoms with E-state index in [1.807, 2.05) is 45.0 Å². The molecule has 1 aromatic heterocycles. The van der Waals surface area contributed by atoms with Crippen LogP contribution in [0.1, 0.15) is 38.5 Å². The van der Waals surface area contributed by atoms with E-state index < -0.39 is 5.54 Å². The molecule has 0 radical (unpaired) electrons. The minimum absolute atomic E-state index is 0.0434. The van der Waals surface area contributed by atoms with Gasteiger partial charge in [0.25, 0.3) is 0 Å². The van der Waals surface area contributed by atoms with Gasteiger partial charge in [-0.05, 0) is 63.4 Å². The maximum Gasteiger partial charge on any atom is 0.318 e. The van der Waals surface area contributed by atoms with Gasteiger partial charge in [-0.25, -0.2) is 4.79 Å². The highest BCUT2D eigenvalue weighted by atomic mass is 16.5. The third-order valence-corrected chi connectivity index (χ3v) is 5.27. The first-order valence-electron chi connectivity index (χ1n) is 11.7. The van der Waals surface area contributed by atoms with Crippen LogP contribution < -0.4 is 14.8 Å². The highest BCUT2D eigenvalue weighted by Crippen LogP contribution is 2.27. The van der Waals surface area contributed by atoms with Gasteiger partial charge in [0.15, 0.2) is 11.5 Å². The molecule has 1 heterocycles. The molecule has 0 fully saturated rings. The Kier molecular flexibility index (Phi) is 10.9. The highest BCUT2D eigenvalue weighted by molar-refractivity contribution is 5.84. The van der Waals surface area contributed by atoms with E-state index in [-0.39, 0.29) is 18.5 Å². The Morgan fingerprint density at radius 3 is 2.34 bits per heavy atom. The molecule has 194 valence electrons. The maximum absolute atomic E-state index is 13.4. The number of hydrogen-bond donors (Lipinski definition) is 1. The first-order chi connectivity index (χ1) is 16.7. The minimum Gasteiger partial charge on any atom is -0.493 e. The van der Waals surface area contributed by atoms with E-state index in [0.717, 1.165) is 5.56 Å². The molecular weight excluding hydrogens is 450 g/mol. The zero-order valence-electron chi connectivity index (χ0n) is 21.8. The number of rotatable bonds is 13. The average molecular weight is 490 g/mol. The van der Waals surface area contributed by atoms with Gasteiger partial charge in [0, 0.05) is 32.3 Å². The van der Waals surface area contributed by atoms with E-state index >= 15 is 0 Å². The van der Waals surface area contributed by atoms with Crippen molar-refractivity contribution < 1.29 is 28.2 Å². The Morgan fingerprint density at radius 1 is 1.00 bits per heavy atom. The molecule has 9 heteroatoms. The van der Waals surface area contributed by atoms with Gasteiger partial charge in [-0.15, -0.1) is 0 Å². The normalized spacial score (nSPS) is 11.1. The molecule has 0 bridgehead atoms. The van der Waals surface area contributed by atoms with Crippen molar-refractivity contribution in [3.63, 3.8) is 0 Å². The lowest BCUT2D eigenvalue weighted by molar-refractivity contribution is -0.132. The molecule has 35 heavy (non-hydrogen) atoms. The number of carbonyl (C=O) groups is 2. The summed E-state index contributed by atoms with van der Waals surface area (Å²) < 4.78 is 21.3. The van der Waals surface area contributed by atoms with Gasteiger partial charge in [-0.3, -0.25) is 4.79 Å². The van der Waals surface area contributed by atoms with Crippen molar-refractivity contribution in [2.45, 2.75) is 45.7 Å². The number of furan rings is 1. The monoisotopic (exact) mass is 489 g/mol. The van der Waals surface area contributed by atoms with Crippen LogP contribution in [-0.4, -0.2) is 74.8 Å². The molecule has 3 amide bonds. The third-order valence-electron chi connectivity index (χ3n) is 5.27. The van der Waals surface area contributed by atoms with Crippen molar-refractivity contribution in [2.24, 2.45) is 0 Å². The van der Waals surface area contributed by atoms with Gasteiger partial charge in [-0.1, -0.05) is 6.07 Å². The van der Waals surface area contributed by atoms with Gasteiger partial charge in [0.1, 0.15) is 12.3 Å². The fraction of sp³-hybridized carbons (Fsp3) is 0.538. The second-order valence-electron chi connectivity index (χ2n) is 9.28. The zero-order valence-corrected chi connectivity index (χ0v) is 21.8. The van der Waals surface area contributed by atoms with E-state index in [1.54, 1.807) is 38.6 Å². The number of urea groups is 1. The van der Waals surface area contributed by atoms with Gasteiger partial charge in [0.2, 0.25) is 5.91 Å². The van der Waals surface area contributed by atoms with E-state index in [4.69, 9.17) is 18.6 Å². The number of hydrogen-bond acceptors (Lipinski definition) is 6. The van der Waals surface area contributed by atoms with Gasteiger partial charge >= 0.3 is 6.03 Å². The second kappa shape index (κ2) is 13.6. The third kappa shape index (κ3) is 9.52. The summed E-state index contributed by atoms with van der Waals surface area (Å²) in [7, 11) is 4.80. The van der Waals surface area contributed by atoms with Crippen molar-refractivity contribution in [1.82, 2.24) is 15.1 Å². The Morgan fingerprint density at radius 2 is 1.74 bits per heavy atom. The summed E-state index contributed by atoms with van der Waals surface area (Å²) in [5, 5.41) is 2.95. The summed E-state index contributed by atoms with van der Waals surface area (Å²) in [6.45, 7) is 7.35. The topological polar surface area (TPSA) is 93.5 Å². The molecule has 0 unspecified atom stereocenters. The molecule has 0 aliphatic rings. The van der Waals surface area contributed by atoms with Crippen molar-refractivity contribution in [1.29, 1.82) is 0 Å². The maximum atomic E-state index is 13.4. The Hall–Kier alpha value is -3.20. The smallest absolute Gasteiger partial charge is 0.318 e. The van der Waals surface area contributed by atoms with Crippen molar-refractivity contribution in [3.8, 4) is 11.5 Å². The van der Waals surface area contributed by atoms with Crippen LogP contribution >= 0.6 is 0 Å². The standard InChI is InChI=1S/C26H39N3O6/c1-26(2,3)27-25(31)29(13-8-15-32-4)19-24(30)28(18-21-9-7-16-35-21)14-12-20-10-11-22(33-5)23(17-20)34-6/h7,9-11,16-17H,8,12-15,18-19H2,1-6H3,(H,27,31). The summed E-state index contributed by atoms with van der Waals surface area (Å²) in [6, 6.07) is 9.05. The van der Waals surface area contributed by atoms with Crippen molar-refractivity contribution in [2.75, 3.05) is 47.6 Å². The van der Waals surface area contributed by atoms with Crippen molar-refractivity contribution in [3.05, 3.63) is 47.9 Å². The number of amides is 3. The molecule has 0 aliphatic carbocycles. The average Bonchev–Trinajstić information content (AvgIpc) is 3.33. The second-order valence-corrected chi connectivity index (χ2v) is 9.28. The van der Waals surface area contributed by atoms with Crippen LogP contribution in [-0.2, 0) is 22.5 Å². The summed E-state index contributed by atoms with van der Waals surface area (Å²) >= 11 is 0. The first kappa shape index (κ1) is 28.0. The van der Waals surface area contributed by atoms with Gasteiger partial charge < -0.3 is 33.7 Å². The highest BCUT2D eigenvalue weighted by Gasteiger charge is 2.24. The Labute approximate surface area is 208 Å². The first-order valence-corrected chi connectivity index (χ1v) is 11.7. The molecule has 1 N–H and O–H groups in total. The van der Waals surface area contributed by atoms with Gasteiger partial charge in [-0.2, -0.15) is 0 Å². The summed E-state index contributed by atoms with van der Waals surface area (Å²) in [6.07, 6.45) is 2.82. The lowest BCUT2D eigenvalue weighted by atomic mass is 10.1. The number of ether oxygens (including phenoxy) is 3. The van der Waals surface area contributed by atoms with E-state index in [9.17, 15) is 9.59 Å². The predicted molar refractivity (Wildman–Crippen MR) is 134 cm³/mol. The van der Waals surface area contributed by atoms with E-state index in [2.05, 4.69) is 5.32 Å². The van der Waals surface area contributed by atoms with Crippen LogP contribution in [0.3, 0.4) is 0 Å². The molecule has 2 rings (SSSR count). The summed E-state index contributed by atoms with van der Waals surface area (Å²) in [5.41, 5.74) is 0.586. The van der Waals surface area contributed by atoms with Crippen LogP contribution in [0.15, 0.2) is 41.0 Å². The molecule has 0 saturated carbocycles. The quantitative estimate of drug-likeness (QED) is 0.431. The fourth-order valence-corrected chi connectivity index (χ4v) is 3.50. The van der Waals surface area contributed by atoms with Crippen LogP contribution in [0.25, 0.3) is 0 Å². The van der Waals surface area contributed by atoms with Crippen LogP contribution in [0.5, 0.6) is 11.5 Å². The number of nitrogens with zero attached hydrogens (tertiary/aromatic N) is 2. The van der Waals surface area contributed by atoms with E-state index in [1.165, 1.54) is 4.90 Å². The summed E-state index contributed by atoms with van der Waals surface area (Å²) in [5.74, 6) is 1.80. The van der Waals surface area contributed by atoms with Crippen LogP contribution in [0, 0.1) is 0 Å².